The molecule has 2 saturated heterocycles. The minimum atomic E-state index is -1.00. The van der Waals surface area contributed by atoms with Gasteiger partial charge in [0.2, 0.25) is 11.8 Å². The van der Waals surface area contributed by atoms with Gasteiger partial charge in [-0.05, 0) is 31.5 Å². The van der Waals surface area contributed by atoms with Crippen LogP contribution in [0.5, 0.6) is 0 Å². The van der Waals surface area contributed by atoms with Gasteiger partial charge >= 0.3 is 0 Å². The number of aliphatic hydroxyl groups is 1. The molecule has 2 amide bonds. The third-order valence-electron chi connectivity index (χ3n) is 4.56. The molecule has 0 aromatic heterocycles. The van der Waals surface area contributed by atoms with Crippen molar-refractivity contribution >= 4 is 11.8 Å². The number of rotatable bonds is 2. The Hall–Kier alpha value is -2.16. The second-order valence-electron chi connectivity index (χ2n) is 7.15. The quantitative estimate of drug-likeness (QED) is 0.647. The molecule has 2 aliphatic rings. The Bertz CT molecular complexity index is 698. The first-order valence-electron chi connectivity index (χ1n) is 8.13. The second-order valence-corrected chi connectivity index (χ2v) is 7.15. The predicted molar refractivity (Wildman–Crippen MR) is 89.7 cm³/mol. The van der Waals surface area contributed by atoms with Crippen LogP contribution < -0.4 is 0 Å². The number of hydrogen-bond acceptors (Lipinski definition) is 4. The van der Waals surface area contributed by atoms with Gasteiger partial charge in [-0.1, -0.05) is 24.0 Å². The monoisotopic (exact) mass is 326 g/mol. The van der Waals surface area contributed by atoms with Crippen molar-refractivity contribution in [3.63, 3.8) is 0 Å². The first kappa shape index (κ1) is 16.7. The molecule has 24 heavy (non-hydrogen) atoms. The molecule has 0 aliphatic carbocycles. The van der Waals surface area contributed by atoms with Crippen molar-refractivity contribution in [2.24, 2.45) is 11.8 Å². The van der Waals surface area contributed by atoms with Crippen molar-refractivity contribution < 1.29 is 14.7 Å². The third kappa shape index (κ3) is 3.35. The Kier molecular flexibility index (Phi) is 4.20. The van der Waals surface area contributed by atoms with E-state index in [4.69, 9.17) is 0 Å². The van der Waals surface area contributed by atoms with Crippen molar-refractivity contribution in [2.75, 3.05) is 20.1 Å². The van der Waals surface area contributed by atoms with Crippen LogP contribution in [-0.4, -0.2) is 52.5 Å². The Balaban J connectivity index is 1.63. The summed E-state index contributed by atoms with van der Waals surface area (Å²) in [6.07, 6.45) is 0. The van der Waals surface area contributed by atoms with E-state index in [0.717, 1.165) is 17.7 Å². The van der Waals surface area contributed by atoms with Gasteiger partial charge in [0.1, 0.15) is 5.60 Å². The van der Waals surface area contributed by atoms with Gasteiger partial charge < -0.3 is 5.11 Å². The summed E-state index contributed by atoms with van der Waals surface area (Å²) in [4.78, 5) is 27.5. The largest absolute Gasteiger partial charge is 0.378 e. The van der Waals surface area contributed by atoms with E-state index in [1.54, 1.807) is 20.9 Å². The van der Waals surface area contributed by atoms with Crippen LogP contribution in [0.15, 0.2) is 24.3 Å². The molecule has 2 aliphatic heterocycles. The van der Waals surface area contributed by atoms with Gasteiger partial charge in [-0.2, -0.15) is 0 Å². The summed E-state index contributed by atoms with van der Waals surface area (Å²) in [7, 11) is 1.57. The number of benzene rings is 1. The van der Waals surface area contributed by atoms with E-state index in [9.17, 15) is 14.7 Å². The van der Waals surface area contributed by atoms with Gasteiger partial charge in [0.05, 0.1) is 11.8 Å². The van der Waals surface area contributed by atoms with Crippen LogP contribution >= 0.6 is 0 Å². The average Bonchev–Trinajstić information content (AvgIpc) is 3.02. The number of nitrogens with zero attached hydrogens (tertiary/aromatic N) is 2. The van der Waals surface area contributed by atoms with E-state index >= 15 is 0 Å². The summed E-state index contributed by atoms with van der Waals surface area (Å²) < 4.78 is 0. The van der Waals surface area contributed by atoms with E-state index in [-0.39, 0.29) is 23.7 Å². The molecule has 5 nitrogen and oxygen atoms in total. The molecular weight excluding hydrogens is 304 g/mol. The van der Waals surface area contributed by atoms with Crippen molar-refractivity contribution in [3.05, 3.63) is 35.4 Å². The van der Waals surface area contributed by atoms with Crippen molar-refractivity contribution in [3.8, 4) is 11.8 Å². The lowest BCUT2D eigenvalue weighted by Crippen LogP contribution is -2.32. The first-order valence-corrected chi connectivity index (χ1v) is 8.13. The van der Waals surface area contributed by atoms with Gasteiger partial charge in [0.25, 0.3) is 0 Å². The molecule has 5 heteroatoms. The van der Waals surface area contributed by atoms with Crippen LogP contribution in [0.25, 0.3) is 0 Å². The van der Waals surface area contributed by atoms with Crippen molar-refractivity contribution in [2.45, 2.75) is 26.0 Å². The van der Waals surface area contributed by atoms with Crippen LogP contribution in [0, 0.1) is 23.7 Å². The lowest BCUT2D eigenvalue weighted by molar-refractivity contribution is -0.138. The Labute approximate surface area is 142 Å². The SMILES string of the molecule is CN1C(=O)[C@H]2CN(Cc3ccc(C#CC(C)(C)O)cc3)C[C@H]2C1=O. The number of carbonyl (C=O) groups excluding carboxylic acids is 2. The molecule has 2 atom stereocenters. The molecule has 0 spiro atoms. The van der Waals surface area contributed by atoms with Gasteiger partial charge in [-0.15, -0.1) is 0 Å². The van der Waals surface area contributed by atoms with E-state index < -0.39 is 5.60 Å². The maximum atomic E-state index is 12.0. The normalized spacial score (nSPS) is 24.1. The van der Waals surface area contributed by atoms with Crippen LogP contribution in [0.2, 0.25) is 0 Å². The van der Waals surface area contributed by atoms with E-state index in [2.05, 4.69) is 16.7 Å². The third-order valence-corrected chi connectivity index (χ3v) is 4.56. The molecule has 2 heterocycles. The zero-order valence-electron chi connectivity index (χ0n) is 14.2. The molecule has 1 aromatic carbocycles. The molecule has 3 rings (SSSR count). The number of likely N-dealkylation sites (tertiary alicyclic amines) is 2. The fourth-order valence-electron chi connectivity index (χ4n) is 3.30. The smallest absolute Gasteiger partial charge is 0.234 e. The maximum absolute atomic E-state index is 12.0. The molecule has 0 bridgehead atoms. The van der Waals surface area contributed by atoms with Crippen LogP contribution in [0.4, 0.5) is 0 Å². The van der Waals surface area contributed by atoms with Gasteiger partial charge in [0.15, 0.2) is 0 Å². The fourth-order valence-corrected chi connectivity index (χ4v) is 3.30. The average molecular weight is 326 g/mol. The Morgan fingerprint density at radius 2 is 1.67 bits per heavy atom. The highest BCUT2D eigenvalue weighted by molar-refractivity contribution is 6.05. The zero-order valence-corrected chi connectivity index (χ0v) is 14.2. The lowest BCUT2D eigenvalue weighted by atomic mass is 10.00. The lowest BCUT2D eigenvalue weighted by Gasteiger charge is -2.18. The Morgan fingerprint density at radius 1 is 1.12 bits per heavy atom. The molecule has 0 radical (unpaired) electrons. The molecule has 2 fully saturated rings. The topological polar surface area (TPSA) is 60.9 Å². The standard InChI is InChI=1S/C19H22N2O3/c1-19(2,24)9-8-13-4-6-14(7-5-13)10-21-11-15-16(12-21)18(23)20(3)17(15)22/h4-7,15-16,24H,10-12H2,1-3H3/t15-,16+. The maximum Gasteiger partial charge on any atom is 0.234 e. The molecule has 1 aromatic rings. The number of fused-ring (bicyclic) bond motifs is 1. The predicted octanol–water partition coefficient (Wildman–Crippen LogP) is 0.856. The van der Waals surface area contributed by atoms with Crippen LogP contribution in [-0.2, 0) is 16.1 Å². The van der Waals surface area contributed by atoms with Gasteiger partial charge in [-0.3, -0.25) is 19.4 Å². The highest BCUT2D eigenvalue weighted by Gasteiger charge is 2.50. The highest BCUT2D eigenvalue weighted by Crippen LogP contribution is 2.33. The zero-order chi connectivity index (χ0) is 17.5. The van der Waals surface area contributed by atoms with Crippen molar-refractivity contribution in [1.29, 1.82) is 0 Å². The van der Waals surface area contributed by atoms with Gasteiger partial charge in [-0.25, -0.2) is 0 Å². The van der Waals surface area contributed by atoms with Crippen LogP contribution in [0.1, 0.15) is 25.0 Å². The molecular formula is C19H22N2O3. The second kappa shape index (κ2) is 6.04. The minimum Gasteiger partial charge on any atom is -0.378 e. The summed E-state index contributed by atoms with van der Waals surface area (Å²) in [6.45, 7) is 5.30. The number of imide groups is 1. The molecule has 0 unspecified atom stereocenters. The highest BCUT2D eigenvalue weighted by atomic mass is 16.3. The summed E-state index contributed by atoms with van der Waals surface area (Å²) >= 11 is 0. The minimum absolute atomic E-state index is 0.0512. The summed E-state index contributed by atoms with van der Waals surface area (Å²) in [5.74, 6) is 5.27. The van der Waals surface area contributed by atoms with Crippen LogP contribution in [0.3, 0.4) is 0 Å². The number of carbonyl (C=O) groups is 2. The van der Waals surface area contributed by atoms with E-state index in [1.807, 2.05) is 24.3 Å². The fraction of sp³-hybridized carbons (Fsp3) is 0.474. The van der Waals surface area contributed by atoms with E-state index in [0.29, 0.717) is 13.1 Å². The summed E-state index contributed by atoms with van der Waals surface area (Å²) in [5.41, 5.74) is 0.973. The summed E-state index contributed by atoms with van der Waals surface area (Å²) in [6, 6.07) is 7.85. The van der Waals surface area contributed by atoms with Crippen molar-refractivity contribution in [1.82, 2.24) is 9.80 Å². The molecule has 0 saturated carbocycles. The summed E-state index contributed by atoms with van der Waals surface area (Å²) in [5, 5.41) is 9.62. The molecule has 1 N–H and O–H groups in total. The first-order chi connectivity index (χ1) is 11.2. The van der Waals surface area contributed by atoms with E-state index in [1.165, 1.54) is 4.90 Å². The van der Waals surface area contributed by atoms with Gasteiger partial charge in [0, 0.05) is 32.2 Å². The Morgan fingerprint density at radius 3 is 2.17 bits per heavy atom. The number of amides is 2. The molecule has 126 valence electrons. The number of hydrogen-bond donors (Lipinski definition) is 1.